The minimum Gasteiger partial charge on any atom is -0.444 e. The third-order valence-corrected chi connectivity index (χ3v) is 6.20. The Balaban J connectivity index is 1.72. The van der Waals surface area contributed by atoms with Crippen LogP contribution in [0.3, 0.4) is 0 Å². The molecule has 1 atom stereocenters. The van der Waals surface area contributed by atoms with Crippen molar-refractivity contribution >= 4 is 15.7 Å². The second kappa shape index (κ2) is 6.76. The Morgan fingerprint density at radius 1 is 1.25 bits per heavy atom. The van der Waals surface area contributed by atoms with Gasteiger partial charge in [-0.3, -0.25) is 4.79 Å². The molecule has 2 aromatic rings. The van der Waals surface area contributed by atoms with Crippen LogP contribution in [0.2, 0.25) is 0 Å². The molecule has 24 heavy (non-hydrogen) atoms. The standard InChI is InChI=1S/C17H20N2O4S/c1-13(17(20)19-9-5-6-10-19)24(21,22)12-15-11-23-16(18-15)14-7-3-2-4-8-14/h2-4,7-8,11,13H,5-6,9-10,12H2,1H3. The number of aromatic nitrogens is 1. The first-order valence-electron chi connectivity index (χ1n) is 7.97. The van der Waals surface area contributed by atoms with E-state index in [2.05, 4.69) is 4.98 Å². The van der Waals surface area contributed by atoms with Crippen LogP contribution in [-0.4, -0.2) is 42.5 Å². The number of hydrogen-bond donors (Lipinski definition) is 0. The number of hydrogen-bond acceptors (Lipinski definition) is 5. The Bertz CT molecular complexity index is 808. The van der Waals surface area contributed by atoms with Gasteiger partial charge in [-0.15, -0.1) is 0 Å². The third-order valence-electron chi connectivity index (χ3n) is 4.23. The van der Waals surface area contributed by atoms with Crippen LogP contribution in [0.5, 0.6) is 0 Å². The van der Waals surface area contributed by atoms with Crippen molar-refractivity contribution in [3.05, 3.63) is 42.3 Å². The number of carbonyl (C=O) groups excluding carboxylic acids is 1. The van der Waals surface area contributed by atoms with E-state index in [9.17, 15) is 13.2 Å². The molecule has 0 radical (unpaired) electrons. The van der Waals surface area contributed by atoms with Crippen molar-refractivity contribution in [1.82, 2.24) is 9.88 Å². The molecule has 0 bridgehead atoms. The smallest absolute Gasteiger partial charge is 0.240 e. The van der Waals surface area contributed by atoms with Gasteiger partial charge in [-0.05, 0) is 31.9 Å². The number of oxazole rings is 1. The van der Waals surface area contributed by atoms with Gasteiger partial charge in [-0.2, -0.15) is 0 Å². The molecule has 0 spiro atoms. The van der Waals surface area contributed by atoms with Gasteiger partial charge in [0.15, 0.2) is 9.84 Å². The number of benzene rings is 1. The molecule has 1 unspecified atom stereocenters. The highest BCUT2D eigenvalue weighted by atomic mass is 32.2. The quantitative estimate of drug-likeness (QED) is 0.828. The van der Waals surface area contributed by atoms with Crippen LogP contribution in [0.15, 0.2) is 41.0 Å². The van der Waals surface area contributed by atoms with Crippen molar-refractivity contribution in [2.24, 2.45) is 0 Å². The van der Waals surface area contributed by atoms with Crippen molar-refractivity contribution < 1.29 is 17.6 Å². The van der Waals surface area contributed by atoms with Gasteiger partial charge in [-0.25, -0.2) is 13.4 Å². The summed E-state index contributed by atoms with van der Waals surface area (Å²) in [7, 11) is -3.63. The second-order valence-corrected chi connectivity index (χ2v) is 8.31. The average Bonchev–Trinajstić information content (AvgIpc) is 3.25. The lowest BCUT2D eigenvalue weighted by Crippen LogP contribution is -2.40. The molecule has 1 fully saturated rings. The van der Waals surface area contributed by atoms with Gasteiger partial charge in [-0.1, -0.05) is 18.2 Å². The monoisotopic (exact) mass is 348 g/mol. The molecule has 6 nitrogen and oxygen atoms in total. The van der Waals surface area contributed by atoms with E-state index < -0.39 is 15.1 Å². The number of likely N-dealkylation sites (tertiary alicyclic amines) is 1. The van der Waals surface area contributed by atoms with E-state index in [4.69, 9.17) is 4.42 Å². The van der Waals surface area contributed by atoms with Crippen LogP contribution in [0, 0.1) is 0 Å². The lowest BCUT2D eigenvalue weighted by Gasteiger charge is -2.20. The van der Waals surface area contributed by atoms with E-state index in [0.717, 1.165) is 18.4 Å². The van der Waals surface area contributed by atoms with Crippen LogP contribution in [0.25, 0.3) is 11.5 Å². The number of sulfone groups is 1. The fourth-order valence-electron chi connectivity index (χ4n) is 2.77. The van der Waals surface area contributed by atoms with Crippen LogP contribution in [0.4, 0.5) is 0 Å². The van der Waals surface area contributed by atoms with Crippen molar-refractivity contribution in [3.8, 4) is 11.5 Å². The normalized spacial score (nSPS) is 16.3. The van der Waals surface area contributed by atoms with Gasteiger partial charge < -0.3 is 9.32 Å². The summed E-state index contributed by atoms with van der Waals surface area (Å²) in [5.74, 6) is -0.247. The van der Waals surface area contributed by atoms with Crippen LogP contribution < -0.4 is 0 Å². The zero-order valence-electron chi connectivity index (χ0n) is 13.5. The van der Waals surface area contributed by atoms with Gasteiger partial charge >= 0.3 is 0 Å². The molecule has 1 aromatic heterocycles. The summed E-state index contributed by atoms with van der Waals surface area (Å²) in [5, 5.41) is -1.06. The van der Waals surface area contributed by atoms with Gasteiger partial charge in [0.05, 0.1) is 11.4 Å². The van der Waals surface area contributed by atoms with E-state index in [-0.39, 0.29) is 11.7 Å². The predicted molar refractivity (Wildman–Crippen MR) is 89.8 cm³/mol. The van der Waals surface area contributed by atoms with Crippen molar-refractivity contribution in [3.63, 3.8) is 0 Å². The average molecular weight is 348 g/mol. The number of carbonyl (C=O) groups is 1. The maximum absolute atomic E-state index is 12.5. The van der Waals surface area contributed by atoms with E-state index in [1.807, 2.05) is 30.3 Å². The lowest BCUT2D eigenvalue weighted by atomic mass is 10.2. The maximum atomic E-state index is 12.5. The molecule has 1 aliphatic heterocycles. The first kappa shape index (κ1) is 16.7. The molecule has 128 valence electrons. The Morgan fingerprint density at radius 3 is 2.58 bits per heavy atom. The van der Waals surface area contributed by atoms with Gasteiger partial charge in [0.1, 0.15) is 11.5 Å². The van der Waals surface area contributed by atoms with Crippen LogP contribution in [0.1, 0.15) is 25.5 Å². The van der Waals surface area contributed by atoms with E-state index in [1.54, 1.807) is 4.90 Å². The molecule has 0 aliphatic carbocycles. The molecule has 7 heteroatoms. The van der Waals surface area contributed by atoms with Crippen molar-refractivity contribution in [2.45, 2.75) is 30.8 Å². The topological polar surface area (TPSA) is 80.5 Å². The molecule has 1 amide bonds. The Kier molecular flexibility index (Phi) is 4.71. The van der Waals surface area contributed by atoms with Gasteiger partial charge in [0.2, 0.25) is 11.8 Å². The Hall–Kier alpha value is -2.15. The molecule has 1 saturated heterocycles. The van der Waals surface area contributed by atoms with Crippen molar-refractivity contribution in [1.29, 1.82) is 0 Å². The van der Waals surface area contributed by atoms with E-state index in [0.29, 0.717) is 24.7 Å². The largest absolute Gasteiger partial charge is 0.444 e. The van der Waals surface area contributed by atoms with Crippen LogP contribution >= 0.6 is 0 Å². The maximum Gasteiger partial charge on any atom is 0.240 e. The fourth-order valence-corrected chi connectivity index (χ4v) is 4.02. The fraction of sp³-hybridized carbons (Fsp3) is 0.412. The Labute approximate surface area is 141 Å². The second-order valence-electron chi connectivity index (χ2n) is 5.99. The molecular weight excluding hydrogens is 328 g/mol. The Morgan fingerprint density at radius 2 is 1.92 bits per heavy atom. The van der Waals surface area contributed by atoms with E-state index >= 15 is 0 Å². The zero-order valence-corrected chi connectivity index (χ0v) is 14.3. The number of nitrogens with zero attached hydrogens (tertiary/aromatic N) is 2. The first-order chi connectivity index (χ1) is 11.5. The molecule has 2 heterocycles. The van der Waals surface area contributed by atoms with Gasteiger partial charge in [0.25, 0.3) is 0 Å². The van der Waals surface area contributed by atoms with Crippen LogP contribution in [-0.2, 0) is 20.4 Å². The SMILES string of the molecule is CC(C(=O)N1CCCC1)S(=O)(=O)Cc1coc(-c2ccccc2)n1. The molecular formula is C17H20N2O4S. The van der Waals surface area contributed by atoms with Crippen molar-refractivity contribution in [2.75, 3.05) is 13.1 Å². The summed E-state index contributed by atoms with van der Waals surface area (Å²) in [6.45, 7) is 2.73. The number of amides is 1. The lowest BCUT2D eigenvalue weighted by molar-refractivity contribution is -0.129. The summed E-state index contributed by atoms with van der Waals surface area (Å²) < 4.78 is 30.4. The summed E-state index contributed by atoms with van der Waals surface area (Å²) in [4.78, 5) is 18.2. The highest BCUT2D eigenvalue weighted by Gasteiger charge is 2.33. The molecule has 1 aliphatic rings. The predicted octanol–water partition coefficient (Wildman–Crippen LogP) is 2.27. The minimum atomic E-state index is -3.63. The molecule has 1 aromatic carbocycles. The number of rotatable bonds is 5. The highest BCUT2D eigenvalue weighted by Crippen LogP contribution is 2.21. The minimum absolute atomic E-state index is 0.302. The molecule has 0 N–H and O–H groups in total. The first-order valence-corrected chi connectivity index (χ1v) is 9.69. The summed E-state index contributed by atoms with van der Waals surface area (Å²) in [6.07, 6.45) is 3.21. The zero-order chi connectivity index (χ0) is 17.2. The third kappa shape index (κ3) is 3.51. The van der Waals surface area contributed by atoms with E-state index in [1.165, 1.54) is 13.2 Å². The summed E-state index contributed by atoms with van der Waals surface area (Å²) in [5.41, 5.74) is 1.09. The highest BCUT2D eigenvalue weighted by molar-refractivity contribution is 7.92. The summed E-state index contributed by atoms with van der Waals surface area (Å²) in [6, 6.07) is 9.26. The molecule has 3 rings (SSSR count). The van der Waals surface area contributed by atoms with Gasteiger partial charge in [0, 0.05) is 18.7 Å². The summed E-state index contributed by atoms with van der Waals surface area (Å²) >= 11 is 0. The molecule has 0 saturated carbocycles.